The molecule has 36 heavy (non-hydrogen) atoms. The van der Waals surface area contributed by atoms with E-state index in [4.69, 9.17) is 4.74 Å². The third-order valence-corrected chi connectivity index (χ3v) is 5.41. The number of amides is 1. The molecule has 9 heteroatoms. The van der Waals surface area contributed by atoms with Crippen molar-refractivity contribution in [1.82, 2.24) is 4.98 Å². The molecule has 0 radical (unpaired) electrons. The van der Waals surface area contributed by atoms with Gasteiger partial charge in [-0.15, -0.1) is 0 Å². The highest BCUT2D eigenvalue weighted by molar-refractivity contribution is 5.96. The Morgan fingerprint density at radius 3 is 2.50 bits per heavy atom. The number of hydrogen-bond acceptors (Lipinski definition) is 4. The molecule has 0 spiro atoms. The molecule has 3 aromatic carbocycles. The molecule has 1 heterocycles. The van der Waals surface area contributed by atoms with E-state index in [-0.39, 0.29) is 12.1 Å². The topological polar surface area (TPSA) is 74.8 Å². The molecule has 0 saturated heterocycles. The number of fused-ring (bicyclic) bond motifs is 1. The molecule has 1 N–H and O–H groups in total. The third-order valence-electron chi connectivity index (χ3n) is 5.41. The minimum absolute atomic E-state index is 0.0337. The third kappa shape index (κ3) is 6.18. The number of benzene rings is 3. The number of para-hydroxylation sites is 1. The van der Waals surface area contributed by atoms with Crippen molar-refractivity contribution in [2.45, 2.75) is 19.0 Å². The number of anilines is 1. The van der Waals surface area contributed by atoms with E-state index >= 15 is 0 Å². The number of rotatable bonds is 8. The van der Waals surface area contributed by atoms with Gasteiger partial charge in [0.1, 0.15) is 0 Å². The molecule has 4 rings (SSSR count). The highest BCUT2D eigenvalue weighted by Gasteiger charge is 2.31. The smallest absolute Gasteiger partial charge is 0.416 e. The van der Waals surface area contributed by atoms with Gasteiger partial charge in [-0.1, -0.05) is 54.6 Å². The van der Waals surface area contributed by atoms with Crippen molar-refractivity contribution in [2.24, 2.45) is 5.10 Å². The molecule has 0 bridgehead atoms. The molecule has 0 aliphatic heterocycles. The first kappa shape index (κ1) is 24.7. The SMILES string of the molecule is O=C(CCc1c[nH]c2ccccc12)OCC(=O)N(/N=C/c1ccccc1)c1cccc(C(F)(F)F)c1. The van der Waals surface area contributed by atoms with Gasteiger partial charge in [-0.05, 0) is 41.8 Å². The van der Waals surface area contributed by atoms with E-state index in [0.29, 0.717) is 12.0 Å². The Labute approximate surface area is 205 Å². The zero-order chi connectivity index (χ0) is 25.5. The average molecular weight is 493 g/mol. The van der Waals surface area contributed by atoms with Crippen LogP contribution < -0.4 is 5.01 Å². The van der Waals surface area contributed by atoms with Gasteiger partial charge in [0.05, 0.1) is 17.5 Å². The number of alkyl halides is 3. The van der Waals surface area contributed by atoms with Crippen molar-refractivity contribution < 1.29 is 27.5 Å². The van der Waals surface area contributed by atoms with Crippen LogP contribution in [0.5, 0.6) is 0 Å². The zero-order valence-electron chi connectivity index (χ0n) is 19.0. The maximum Gasteiger partial charge on any atom is 0.416 e. The summed E-state index contributed by atoms with van der Waals surface area (Å²) in [7, 11) is 0. The largest absolute Gasteiger partial charge is 0.455 e. The molecule has 0 atom stereocenters. The lowest BCUT2D eigenvalue weighted by Crippen LogP contribution is -2.31. The van der Waals surface area contributed by atoms with E-state index in [1.54, 1.807) is 30.3 Å². The number of ether oxygens (including phenoxy) is 1. The van der Waals surface area contributed by atoms with Gasteiger partial charge in [0.25, 0.3) is 5.91 Å². The van der Waals surface area contributed by atoms with Crippen LogP contribution in [0.3, 0.4) is 0 Å². The fraction of sp³-hybridized carbons (Fsp3) is 0.148. The first-order chi connectivity index (χ1) is 17.3. The second kappa shape index (κ2) is 10.9. The zero-order valence-corrected chi connectivity index (χ0v) is 19.0. The van der Waals surface area contributed by atoms with Gasteiger partial charge >= 0.3 is 12.1 Å². The summed E-state index contributed by atoms with van der Waals surface area (Å²) in [5, 5.41) is 5.88. The lowest BCUT2D eigenvalue weighted by molar-refractivity contribution is -0.147. The molecule has 1 amide bonds. The van der Waals surface area contributed by atoms with Crippen LogP contribution in [-0.2, 0) is 26.9 Å². The highest BCUT2D eigenvalue weighted by atomic mass is 19.4. The van der Waals surface area contributed by atoms with Crippen molar-refractivity contribution in [3.05, 3.63) is 102 Å². The second-order valence-corrected chi connectivity index (χ2v) is 7.93. The monoisotopic (exact) mass is 493 g/mol. The number of halogens is 3. The second-order valence-electron chi connectivity index (χ2n) is 7.93. The van der Waals surface area contributed by atoms with Gasteiger partial charge in [0, 0.05) is 23.5 Å². The van der Waals surface area contributed by atoms with Gasteiger partial charge in [-0.3, -0.25) is 9.59 Å². The molecule has 0 saturated carbocycles. The minimum atomic E-state index is -4.59. The number of esters is 1. The van der Waals surface area contributed by atoms with Crippen LogP contribution in [-0.4, -0.2) is 29.7 Å². The van der Waals surface area contributed by atoms with Crippen LogP contribution >= 0.6 is 0 Å². The molecule has 1 aromatic heterocycles. The lowest BCUT2D eigenvalue weighted by atomic mass is 10.1. The number of H-pyrrole nitrogens is 1. The van der Waals surface area contributed by atoms with Crippen molar-refractivity contribution in [1.29, 1.82) is 0 Å². The number of nitrogens with one attached hydrogen (secondary N) is 1. The van der Waals surface area contributed by atoms with Crippen LogP contribution in [0, 0.1) is 0 Å². The Morgan fingerprint density at radius 1 is 0.972 bits per heavy atom. The summed E-state index contributed by atoms with van der Waals surface area (Å²) in [4.78, 5) is 28.3. The molecule has 0 aliphatic rings. The first-order valence-corrected chi connectivity index (χ1v) is 11.1. The highest BCUT2D eigenvalue weighted by Crippen LogP contribution is 2.32. The summed E-state index contributed by atoms with van der Waals surface area (Å²) in [6, 6.07) is 20.7. The maximum absolute atomic E-state index is 13.2. The molecule has 4 aromatic rings. The summed E-state index contributed by atoms with van der Waals surface area (Å²) < 4.78 is 44.8. The number of hydrazone groups is 1. The van der Waals surface area contributed by atoms with Crippen LogP contribution in [0.2, 0.25) is 0 Å². The van der Waals surface area contributed by atoms with E-state index < -0.39 is 30.2 Å². The van der Waals surface area contributed by atoms with Crippen molar-refractivity contribution in [3.63, 3.8) is 0 Å². The number of carbonyl (C=O) groups excluding carboxylic acids is 2. The molecule has 6 nitrogen and oxygen atoms in total. The van der Waals surface area contributed by atoms with Crippen LogP contribution in [0.4, 0.5) is 18.9 Å². The Bertz CT molecular complexity index is 1380. The standard InChI is InChI=1S/C27H22F3N3O3/c28-27(29,30)21-9-6-10-22(15-21)33(32-16-19-7-2-1-3-8-19)25(34)18-36-26(35)14-13-20-17-31-24-12-5-4-11-23(20)24/h1-12,15-17,31H,13-14,18H2/b32-16+. The molecular formula is C27H22F3N3O3. The minimum Gasteiger partial charge on any atom is -0.455 e. The molecule has 0 fully saturated rings. The molecule has 0 aliphatic carbocycles. The van der Waals surface area contributed by atoms with Gasteiger partial charge in [-0.2, -0.15) is 23.3 Å². The number of hydrogen-bond donors (Lipinski definition) is 1. The predicted octanol–water partition coefficient (Wildman–Crippen LogP) is 5.73. The number of aryl methyl sites for hydroxylation is 1. The Kier molecular flexibility index (Phi) is 7.48. The quantitative estimate of drug-likeness (QED) is 0.194. The van der Waals surface area contributed by atoms with E-state index in [9.17, 15) is 22.8 Å². The Hall–Kier alpha value is -4.40. The van der Waals surface area contributed by atoms with E-state index in [1.807, 2.05) is 30.5 Å². The van der Waals surface area contributed by atoms with E-state index in [2.05, 4.69) is 10.1 Å². The Morgan fingerprint density at radius 2 is 1.72 bits per heavy atom. The van der Waals surface area contributed by atoms with Crippen LogP contribution in [0.15, 0.2) is 90.2 Å². The van der Waals surface area contributed by atoms with E-state index in [1.165, 1.54) is 18.3 Å². The fourth-order valence-electron chi connectivity index (χ4n) is 3.60. The number of aromatic amines is 1. The summed E-state index contributed by atoms with van der Waals surface area (Å²) in [5.41, 5.74) is 1.49. The van der Waals surface area contributed by atoms with Crippen molar-refractivity contribution >= 4 is 34.7 Å². The number of aromatic nitrogens is 1. The average Bonchev–Trinajstić information content (AvgIpc) is 3.30. The lowest BCUT2D eigenvalue weighted by Gasteiger charge is -2.18. The number of nitrogens with zero attached hydrogens (tertiary/aromatic N) is 2. The van der Waals surface area contributed by atoms with E-state index in [0.717, 1.165) is 33.6 Å². The van der Waals surface area contributed by atoms with Gasteiger partial charge in [0.2, 0.25) is 0 Å². The van der Waals surface area contributed by atoms with Gasteiger partial charge in [-0.25, -0.2) is 0 Å². The normalized spacial score (nSPS) is 11.6. The summed E-state index contributed by atoms with van der Waals surface area (Å²) in [5.74, 6) is -1.40. The fourth-order valence-corrected chi connectivity index (χ4v) is 3.60. The predicted molar refractivity (Wildman–Crippen MR) is 131 cm³/mol. The van der Waals surface area contributed by atoms with Crippen molar-refractivity contribution in [2.75, 3.05) is 11.6 Å². The molecule has 184 valence electrons. The van der Waals surface area contributed by atoms with Crippen LogP contribution in [0.1, 0.15) is 23.1 Å². The Balaban J connectivity index is 1.45. The molecule has 0 unspecified atom stereocenters. The number of carbonyl (C=O) groups is 2. The van der Waals surface area contributed by atoms with Crippen LogP contribution in [0.25, 0.3) is 10.9 Å². The summed E-state index contributed by atoms with van der Waals surface area (Å²) in [6.45, 7) is -0.672. The maximum atomic E-state index is 13.2. The van der Waals surface area contributed by atoms with Crippen molar-refractivity contribution in [3.8, 4) is 0 Å². The van der Waals surface area contributed by atoms with Gasteiger partial charge < -0.3 is 9.72 Å². The first-order valence-electron chi connectivity index (χ1n) is 11.1. The van der Waals surface area contributed by atoms with Gasteiger partial charge in [0.15, 0.2) is 6.61 Å². The molecular weight excluding hydrogens is 471 g/mol. The summed E-state index contributed by atoms with van der Waals surface area (Å²) >= 11 is 0. The summed E-state index contributed by atoms with van der Waals surface area (Å²) in [6.07, 6.45) is -0.997.